The summed E-state index contributed by atoms with van der Waals surface area (Å²) in [7, 11) is 0. The molecular weight excluding hydrogens is 227 g/mol. The molecule has 0 aliphatic rings. The van der Waals surface area contributed by atoms with E-state index in [1.54, 1.807) is 13.0 Å². The normalized spacial score (nSPS) is 9.12. The molecule has 0 atom stereocenters. The lowest BCUT2D eigenvalue weighted by molar-refractivity contribution is 0.0949. The number of halogens is 1. The molecule has 0 saturated heterocycles. The number of rotatable bonds is 1. The van der Waals surface area contributed by atoms with Crippen LogP contribution < -0.4 is 11.3 Å². The number of aromatic nitrogens is 2. The Labute approximate surface area is 96.6 Å². The third kappa shape index (κ3) is 3.99. The average molecular weight is 238 g/mol. The van der Waals surface area contributed by atoms with Crippen molar-refractivity contribution in [2.24, 2.45) is 5.84 Å². The topological polar surface area (TPSA) is 94.0 Å². The van der Waals surface area contributed by atoms with Crippen LogP contribution in [0.1, 0.15) is 15.9 Å². The molecule has 2 rings (SSSR count). The highest BCUT2D eigenvalue weighted by molar-refractivity contribution is 5.94. The second-order valence-electron chi connectivity index (χ2n) is 3.04. The number of amides is 1. The van der Waals surface area contributed by atoms with E-state index in [0.29, 0.717) is 0 Å². The molecule has 1 aromatic heterocycles. The van der Waals surface area contributed by atoms with Gasteiger partial charge >= 0.3 is 0 Å². The van der Waals surface area contributed by atoms with E-state index in [4.69, 9.17) is 5.84 Å². The van der Waals surface area contributed by atoms with Crippen molar-refractivity contribution in [3.8, 4) is 0 Å². The van der Waals surface area contributed by atoms with Crippen molar-refractivity contribution in [3.63, 3.8) is 0 Å². The minimum Gasteiger partial charge on any atom is -0.346 e. The number of benzene rings is 1. The lowest BCUT2D eigenvalue weighted by Gasteiger charge is -2.01. The summed E-state index contributed by atoms with van der Waals surface area (Å²) in [4.78, 5) is 10.9. The highest BCUT2D eigenvalue weighted by atomic mass is 19.1. The number of hydrogen-bond donors (Lipinski definition) is 2. The van der Waals surface area contributed by atoms with Crippen LogP contribution in [0.2, 0.25) is 0 Å². The van der Waals surface area contributed by atoms with Gasteiger partial charge in [-0.15, -0.1) is 5.10 Å². The van der Waals surface area contributed by atoms with Gasteiger partial charge in [-0.25, -0.2) is 10.2 Å². The van der Waals surface area contributed by atoms with E-state index < -0.39 is 11.7 Å². The molecule has 0 saturated carbocycles. The van der Waals surface area contributed by atoms with Gasteiger partial charge in [-0.3, -0.25) is 10.2 Å². The van der Waals surface area contributed by atoms with Gasteiger partial charge in [-0.1, -0.05) is 11.6 Å². The zero-order chi connectivity index (χ0) is 12.7. The van der Waals surface area contributed by atoms with E-state index in [1.165, 1.54) is 24.6 Å². The first-order valence-corrected chi connectivity index (χ1v) is 4.63. The van der Waals surface area contributed by atoms with Crippen LogP contribution >= 0.6 is 0 Å². The zero-order valence-electron chi connectivity index (χ0n) is 9.05. The van der Waals surface area contributed by atoms with Gasteiger partial charge in [0.15, 0.2) is 0 Å². The Kier molecular flexibility index (Phi) is 4.77. The van der Waals surface area contributed by atoms with Crippen LogP contribution in [0.5, 0.6) is 0 Å². The predicted molar refractivity (Wildman–Crippen MR) is 57.1 cm³/mol. The van der Waals surface area contributed by atoms with E-state index in [2.05, 4.69) is 14.9 Å². The molecule has 1 aromatic carbocycles. The Hall–Kier alpha value is -2.28. The quantitative estimate of drug-likeness (QED) is 0.435. The van der Waals surface area contributed by atoms with Gasteiger partial charge in [0.1, 0.15) is 12.1 Å². The second kappa shape index (κ2) is 6.33. The van der Waals surface area contributed by atoms with Crippen molar-refractivity contribution in [2.75, 3.05) is 0 Å². The fourth-order valence-electron chi connectivity index (χ4n) is 1.03. The summed E-state index contributed by atoms with van der Waals surface area (Å²) in [6.07, 6.45) is 2.88. The Morgan fingerprint density at radius 1 is 1.53 bits per heavy atom. The maximum absolute atomic E-state index is 12.9. The molecule has 2 aromatic rings. The number of aryl methyl sites for hydroxylation is 1. The van der Waals surface area contributed by atoms with Gasteiger partial charge in [-0.05, 0) is 19.1 Å². The van der Waals surface area contributed by atoms with Gasteiger partial charge in [0.2, 0.25) is 0 Å². The molecule has 0 radical (unpaired) electrons. The van der Waals surface area contributed by atoms with Crippen molar-refractivity contribution in [1.82, 2.24) is 15.8 Å². The first-order valence-electron chi connectivity index (χ1n) is 4.63. The molecule has 0 bridgehead atoms. The first kappa shape index (κ1) is 12.8. The SMILES string of the molecule is Cc1ccc(F)c(C(=O)NN)c1.c1conn1. The molecule has 17 heavy (non-hydrogen) atoms. The van der Waals surface area contributed by atoms with E-state index in [-0.39, 0.29) is 5.56 Å². The van der Waals surface area contributed by atoms with Gasteiger partial charge in [0.05, 0.1) is 11.8 Å². The number of carbonyl (C=O) groups excluding carboxylic acids is 1. The van der Waals surface area contributed by atoms with Crippen molar-refractivity contribution < 1.29 is 13.7 Å². The summed E-state index contributed by atoms with van der Waals surface area (Å²) >= 11 is 0. The van der Waals surface area contributed by atoms with Crippen LogP contribution in [-0.4, -0.2) is 16.3 Å². The molecule has 90 valence electrons. The molecule has 1 heterocycles. The summed E-state index contributed by atoms with van der Waals surface area (Å²) in [5.74, 6) is 3.68. The second-order valence-corrected chi connectivity index (χ2v) is 3.04. The van der Waals surface area contributed by atoms with Crippen molar-refractivity contribution in [3.05, 3.63) is 47.6 Å². The lowest BCUT2D eigenvalue weighted by Crippen LogP contribution is -2.30. The van der Waals surface area contributed by atoms with E-state index in [0.717, 1.165) is 5.56 Å². The molecule has 1 amide bonds. The van der Waals surface area contributed by atoms with Gasteiger partial charge in [-0.2, -0.15) is 0 Å². The summed E-state index contributed by atoms with van der Waals surface area (Å²) in [6.45, 7) is 1.77. The summed E-state index contributed by atoms with van der Waals surface area (Å²) < 4.78 is 17.1. The number of nitrogens with two attached hydrogens (primary N) is 1. The smallest absolute Gasteiger partial charge is 0.268 e. The van der Waals surface area contributed by atoms with Crippen LogP contribution in [0.25, 0.3) is 0 Å². The zero-order valence-corrected chi connectivity index (χ0v) is 9.05. The molecule has 6 nitrogen and oxygen atoms in total. The lowest BCUT2D eigenvalue weighted by atomic mass is 10.1. The monoisotopic (exact) mass is 238 g/mol. The number of hydrazine groups is 1. The fourth-order valence-corrected chi connectivity index (χ4v) is 1.03. The van der Waals surface area contributed by atoms with E-state index in [1.807, 2.05) is 5.43 Å². The number of nitrogen functional groups attached to an aromatic ring is 1. The number of nitrogens with one attached hydrogen (secondary N) is 1. The molecule has 0 unspecified atom stereocenters. The number of hydrogen-bond acceptors (Lipinski definition) is 5. The standard InChI is InChI=1S/C8H9FN2O.C2H2N2O/c1-5-2-3-7(9)6(4-5)8(12)11-10;1-2-5-4-3-1/h2-4H,10H2,1H3,(H,11,12);1-2H. The molecule has 7 heteroatoms. The van der Waals surface area contributed by atoms with Crippen molar-refractivity contribution in [1.29, 1.82) is 0 Å². The molecule has 0 fully saturated rings. The summed E-state index contributed by atoms with van der Waals surface area (Å²) in [6, 6.07) is 4.26. The highest BCUT2D eigenvalue weighted by Gasteiger charge is 2.09. The maximum atomic E-state index is 12.9. The summed E-state index contributed by atoms with van der Waals surface area (Å²) in [5, 5.41) is 6.40. The molecule has 3 N–H and O–H groups in total. The van der Waals surface area contributed by atoms with Gasteiger partial charge in [0.25, 0.3) is 5.91 Å². The minimum atomic E-state index is -0.615. The Bertz CT molecular complexity index is 456. The molecule has 0 aliphatic heterocycles. The van der Waals surface area contributed by atoms with Crippen LogP contribution in [-0.2, 0) is 0 Å². The number of nitrogens with zero attached hydrogens (tertiary/aromatic N) is 2. The highest BCUT2D eigenvalue weighted by Crippen LogP contribution is 2.08. The first-order chi connectivity index (χ1) is 8.15. The Morgan fingerprint density at radius 3 is 2.76 bits per heavy atom. The van der Waals surface area contributed by atoms with Crippen LogP contribution in [0.3, 0.4) is 0 Å². The summed E-state index contributed by atoms with van der Waals surface area (Å²) in [5.41, 5.74) is 2.66. The largest absolute Gasteiger partial charge is 0.346 e. The maximum Gasteiger partial charge on any atom is 0.268 e. The minimum absolute atomic E-state index is 0.0301. The van der Waals surface area contributed by atoms with Gasteiger partial charge in [0, 0.05) is 5.27 Å². The predicted octanol–water partition coefficient (Wildman–Crippen LogP) is 0.807. The van der Waals surface area contributed by atoms with Crippen LogP contribution in [0.4, 0.5) is 4.39 Å². The third-order valence-corrected chi connectivity index (χ3v) is 1.78. The molecule has 0 aliphatic carbocycles. The van der Waals surface area contributed by atoms with Crippen LogP contribution in [0.15, 0.2) is 35.2 Å². The van der Waals surface area contributed by atoms with Gasteiger partial charge < -0.3 is 4.52 Å². The Morgan fingerprint density at radius 2 is 2.29 bits per heavy atom. The van der Waals surface area contributed by atoms with Crippen LogP contribution in [0, 0.1) is 12.7 Å². The fraction of sp³-hybridized carbons (Fsp3) is 0.100. The van der Waals surface area contributed by atoms with Crippen molar-refractivity contribution in [2.45, 2.75) is 6.92 Å². The average Bonchev–Trinajstić information content (AvgIpc) is 2.90. The number of carbonyl (C=O) groups is 1. The van der Waals surface area contributed by atoms with E-state index in [9.17, 15) is 9.18 Å². The third-order valence-electron chi connectivity index (χ3n) is 1.78. The molecule has 0 spiro atoms. The molecular formula is C10H11FN4O2. The van der Waals surface area contributed by atoms with Crippen molar-refractivity contribution >= 4 is 5.91 Å². The Balaban J connectivity index is 0.000000239. The van der Waals surface area contributed by atoms with E-state index >= 15 is 0 Å².